The lowest BCUT2D eigenvalue weighted by atomic mass is 9.74. The number of nitrogens with two attached hydrogens (primary N) is 2. The summed E-state index contributed by atoms with van der Waals surface area (Å²) in [5.41, 5.74) is 12.8. The molecule has 3 heterocycles. The molecular formula is C33H34N8O7. The van der Waals surface area contributed by atoms with Crippen molar-refractivity contribution in [2.75, 3.05) is 32.2 Å². The Kier molecular flexibility index (Phi) is 9.58. The molecular weight excluding hydrogens is 620 g/mol. The second-order valence-electron chi connectivity index (χ2n) is 11.2. The first-order chi connectivity index (χ1) is 23.0. The maximum atomic E-state index is 13.3. The van der Waals surface area contributed by atoms with Crippen LogP contribution in [0.1, 0.15) is 68.5 Å². The van der Waals surface area contributed by atoms with E-state index in [1.165, 1.54) is 32.5 Å². The number of nitrogens with zero attached hydrogens (tertiary/aromatic N) is 5. The fourth-order valence-electron chi connectivity index (χ4n) is 5.81. The van der Waals surface area contributed by atoms with E-state index in [9.17, 15) is 24.0 Å². The van der Waals surface area contributed by atoms with Gasteiger partial charge < -0.3 is 26.3 Å². The Morgan fingerprint density at radius 2 is 1.60 bits per heavy atom. The van der Waals surface area contributed by atoms with Gasteiger partial charge in [0.05, 0.1) is 42.7 Å². The lowest BCUT2D eigenvalue weighted by Gasteiger charge is -2.30. The van der Waals surface area contributed by atoms with Crippen molar-refractivity contribution in [2.45, 2.75) is 44.1 Å². The molecule has 5 N–H and O–H groups in total. The summed E-state index contributed by atoms with van der Waals surface area (Å²) in [6.45, 7) is 1.89. The first-order valence-corrected chi connectivity index (χ1v) is 15.1. The maximum Gasteiger partial charge on any atom is 0.328 e. The van der Waals surface area contributed by atoms with Gasteiger partial charge in [-0.25, -0.2) is 14.8 Å². The van der Waals surface area contributed by atoms with Crippen molar-refractivity contribution < 1.29 is 33.4 Å². The normalized spacial score (nSPS) is 14.3. The molecule has 15 nitrogen and oxygen atoms in total. The van der Waals surface area contributed by atoms with Crippen molar-refractivity contribution in [1.29, 1.82) is 0 Å². The van der Waals surface area contributed by atoms with Crippen molar-refractivity contribution in [3.63, 3.8) is 0 Å². The lowest BCUT2D eigenvalue weighted by molar-refractivity contribution is -0.148. The number of carbonyl (C=O) groups is 5. The van der Waals surface area contributed by atoms with Crippen LogP contribution in [0.15, 0.2) is 54.7 Å². The number of ether oxygens (including phenoxy) is 2. The number of benzene rings is 2. The Labute approximate surface area is 275 Å². The standard InChI is InChI=1S/C33H34N8O7/c1-4-33(31(46)48-3,16-20-17-36-26-24(37-20)25(34)39-32(35)40-26)19-13-11-18(12-14-19)27(42)38-23(30(45)47-2)10-7-15-41-28(43)21-8-5-6-9-22(21)29(41)44/h5-6,8-9,11-14,17,23H,4,7,10,15-16H2,1-3H3,(H,38,42)(H4,34,35,36,39,40). The second kappa shape index (κ2) is 13.8. The van der Waals surface area contributed by atoms with E-state index in [1.54, 1.807) is 36.4 Å². The number of hydrogen-bond acceptors (Lipinski definition) is 13. The highest BCUT2D eigenvalue weighted by Crippen LogP contribution is 2.34. The highest BCUT2D eigenvalue weighted by atomic mass is 16.5. The molecule has 0 spiro atoms. The van der Waals surface area contributed by atoms with Crippen LogP contribution in [0.2, 0.25) is 0 Å². The van der Waals surface area contributed by atoms with Gasteiger partial charge in [0.25, 0.3) is 17.7 Å². The molecule has 48 heavy (non-hydrogen) atoms. The highest BCUT2D eigenvalue weighted by molar-refractivity contribution is 6.21. The predicted molar refractivity (Wildman–Crippen MR) is 172 cm³/mol. The van der Waals surface area contributed by atoms with Crippen molar-refractivity contribution in [1.82, 2.24) is 30.2 Å². The summed E-state index contributed by atoms with van der Waals surface area (Å²) in [7, 11) is 2.49. The second-order valence-corrected chi connectivity index (χ2v) is 11.2. The number of esters is 2. The molecule has 0 bridgehead atoms. The van der Waals surface area contributed by atoms with E-state index < -0.39 is 41.1 Å². The van der Waals surface area contributed by atoms with Crippen LogP contribution in [0.3, 0.4) is 0 Å². The molecule has 0 fully saturated rings. The molecule has 2 unspecified atom stereocenters. The number of imide groups is 1. The number of carbonyl (C=O) groups excluding carboxylic acids is 5. The molecule has 2 aromatic heterocycles. The summed E-state index contributed by atoms with van der Waals surface area (Å²) in [6.07, 6.45) is 2.23. The SMILES string of the molecule is CCC(Cc1cnc2nc(N)nc(N)c2n1)(C(=O)OC)c1ccc(C(=O)NC(CCCN2C(=O)c3ccccc3C2=O)C(=O)OC)cc1. The van der Waals surface area contributed by atoms with Crippen LogP contribution >= 0.6 is 0 Å². The predicted octanol–water partition coefficient (Wildman–Crippen LogP) is 2.00. The van der Waals surface area contributed by atoms with E-state index in [2.05, 4.69) is 25.3 Å². The van der Waals surface area contributed by atoms with Gasteiger partial charge in [-0.1, -0.05) is 31.2 Å². The Morgan fingerprint density at radius 1 is 0.938 bits per heavy atom. The van der Waals surface area contributed by atoms with E-state index in [1.807, 2.05) is 6.92 Å². The van der Waals surface area contributed by atoms with Crippen molar-refractivity contribution in [3.05, 3.63) is 82.7 Å². The molecule has 0 radical (unpaired) electrons. The van der Waals surface area contributed by atoms with Crippen LogP contribution in [0.25, 0.3) is 11.2 Å². The number of nitrogen functional groups attached to an aromatic ring is 2. The van der Waals surface area contributed by atoms with Gasteiger partial charge in [0.1, 0.15) is 6.04 Å². The minimum Gasteiger partial charge on any atom is -0.468 e. The number of methoxy groups -OCH3 is 2. The molecule has 248 valence electrons. The molecule has 5 rings (SSSR count). The summed E-state index contributed by atoms with van der Waals surface area (Å²) < 4.78 is 10.1. The molecule has 0 saturated carbocycles. The number of hydrogen-bond donors (Lipinski definition) is 3. The average Bonchev–Trinajstić information content (AvgIpc) is 3.34. The smallest absolute Gasteiger partial charge is 0.328 e. The number of anilines is 2. The van der Waals surface area contributed by atoms with Gasteiger partial charge in [0.15, 0.2) is 17.0 Å². The number of rotatable bonds is 12. The Morgan fingerprint density at radius 3 is 2.21 bits per heavy atom. The zero-order valence-corrected chi connectivity index (χ0v) is 26.6. The van der Waals surface area contributed by atoms with E-state index in [-0.39, 0.29) is 54.3 Å². The van der Waals surface area contributed by atoms with Crippen LogP contribution in [-0.4, -0.2) is 81.3 Å². The van der Waals surface area contributed by atoms with Gasteiger partial charge >= 0.3 is 11.9 Å². The van der Waals surface area contributed by atoms with E-state index in [0.717, 1.165) is 4.90 Å². The zero-order valence-electron chi connectivity index (χ0n) is 26.6. The molecule has 4 aromatic rings. The molecule has 3 amide bonds. The minimum atomic E-state index is -1.20. The van der Waals surface area contributed by atoms with Crippen LogP contribution in [0.4, 0.5) is 11.8 Å². The van der Waals surface area contributed by atoms with Crippen LogP contribution in [0.5, 0.6) is 0 Å². The minimum absolute atomic E-state index is 0.0389. The van der Waals surface area contributed by atoms with Gasteiger partial charge in [-0.2, -0.15) is 9.97 Å². The highest BCUT2D eigenvalue weighted by Gasteiger charge is 2.41. The summed E-state index contributed by atoms with van der Waals surface area (Å²) in [4.78, 5) is 82.4. The monoisotopic (exact) mass is 654 g/mol. The van der Waals surface area contributed by atoms with Gasteiger partial charge in [0, 0.05) is 18.5 Å². The molecule has 0 aliphatic carbocycles. The Hall–Kier alpha value is -5.99. The maximum absolute atomic E-state index is 13.3. The van der Waals surface area contributed by atoms with Crippen molar-refractivity contribution in [3.8, 4) is 0 Å². The molecule has 2 atom stereocenters. The first-order valence-electron chi connectivity index (χ1n) is 15.1. The lowest BCUT2D eigenvalue weighted by Crippen LogP contribution is -2.42. The fourth-order valence-corrected chi connectivity index (χ4v) is 5.81. The third kappa shape index (κ3) is 6.34. The molecule has 1 aliphatic rings. The largest absolute Gasteiger partial charge is 0.468 e. The summed E-state index contributed by atoms with van der Waals surface area (Å²) in [6, 6.07) is 11.8. The third-order valence-corrected chi connectivity index (χ3v) is 8.41. The van der Waals surface area contributed by atoms with Crippen molar-refractivity contribution in [2.24, 2.45) is 0 Å². The zero-order chi connectivity index (χ0) is 34.6. The Bertz CT molecular complexity index is 1880. The van der Waals surface area contributed by atoms with E-state index in [0.29, 0.717) is 28.8 Å². The van der Waals surface area contributed by atoms with Crippen LogP contribution in [-0.2, 0) is 30.9 Å². The number of aromatic nitrogens is 4. The number of nitrogens with one attached hydrogen (secondary N) is 1. The van der Waals surface area contributed by atoms with E-state index in [4.69, 9.17) is 20.9 Å². The van der Waals surface area contributed by atoms with Gasteiger partial charge in [-0.15, -0.1) is 0 Å². The summed E-state index contributed by atoms with van der Waals surface area (Å²) in [5.74, 6) is -2.55. The number of amides is 3. The number of fused-ring (bicyclic) bond motifs is 2. The fraction of sp³-hybridized carbons (Fsp3) is 0.303. The average molecular weight is 655 g/mol. The topological polar surface area (TPSA) is 223 Å². The van der Waals surface area contributed by atoms with Gasteiger partial charge in [-0.3, -0.25) is 24.1 Å². The van der Waals surface area contributed by atoms with Crippen molar-refractivity contribution >= 4 is 52.6 Å². The Balaban J connectivity index is 1.30. The van der Waals surface area contributed by atoms with E-state index >= 15 is 0 Å². The molecule has 0 saturated heterocycles. The van der Waals surface area contributed by atoms with Gasteiger partial charge in [-0.05, 0) is 49.1 Å². The van der Waals surface area contributed by atoms with Gasteiger partial charge in [0.2, 0.25) is 5.95 Å². The quantitative estimate of drug-likeness (QED) is 0.147. The van der Waals surface area contributed by atoms with Crippen LogP contribution < -0.4 is 16.8 Å². The first kappa shape index (κ1) is 33.4. The summed E-state index contributed by atoms with van der Waals surface area (Å²) >= 11 is 0. The van der Waals surface area contributed by atoms with Crippen LogP contribution in [0, 0.1) is 0 Å². The summed E-state index contributed by atoms with van der Waals surface area (Å²) in [5, 5.41) is 2.68. The molecule has 1 aliphatic heterocycles. The molecule has 2 aromatic carbocycles. The third-order valence-electron chi connectivity index (χ3n) is 8.41. The molecule has 15 heteroatoms.